The van der Waals surface area contributed by atoms with Crippen LogP contribution < -0.4 is 10.2 Å². The van der Waals surface area contributed by atoms with Crippen molar-refractivity contribution in [3.8, 4) is 0 Å². The normalized spacial score (nSPS) is 18.6. The number of alkyl halides is 4. The summed E-state index contributed by atoms with van der Waals surface area (Å²) in [5.74, 6) is -4.88. The van der Waals surface area contributed by atoms with Gasteiger partial charge in [0.1, 0.15) is 6.33 Å². The standard InChI is InChI=1S/C19H19ClF3N5O2/c1-11-3-4-14(9-26-11)28(16(29)15(20)21)18(2,12-7-24-10-25-8-12)17(30)27-13-5-19(22,23)6-13/h3-4,7-10,13,15H,5-6H2,1-2H3,(H,27,30)/t15-,18+/m0/s1. The van der Waals surface area contributed by atoms with Gasteiger partial charge in [-0.15, -0.1) is 0 Å². The lowest BCUT2D eigenvalue weighted by Gasteiger charge is -2.43. The molecule has 1 fully saturated rings. The van der Waals surface area contributed by atoms with Crippen LogP contribution in [0.1, 0.15) is 31.0 Å². The molecule has 30 heavy (non-hydrogen) atoms. The Morgan fingerprint density at radius 3 is 2.40 bits per heavy atom. The van der Waals surface area contributed by atoms with Gasteiger partial charge in [0.25, 0.3) is 23.4 Å². The first-order valence-electron chi connectivity index (χ1n) is 9.04. The second-order valence-corrected chi connectivity index (χ2v) is 7.65. The number of halogens is 4. The molecule has 1 saturated carbocycles. The first-order chi connectivity index (χ1) is 14.0. The summed E-state index contributed by atoms with van der Waals surface area (Å²) in [7, 11) is 0. The molecule has 0 unspecified atom stereocenters. The Kier molecular flexibility index (Phi) is 5.98. The molecule has 1 aliphatic rings. The lowest BCUT2D eigenvalue weighted by atomic mass is 9.85. The van der Waals surface area contributed by atoms with Gasteiger partial charge in [0.2, 0.25) is 0 Å². The third kappa shape index (κ3) is 4.23. The van der Waals surface area contributed by atoms with Crippen molar-refractivity contribution >= 4 is 29.1 Å². The number of hydrogen-bond acceptors (Lipinski definition) is 5. The molecule has 0 radical (unpaired) electrons. The van der Waals surface area contributed by atoms with E-state index in [1.807, 2.05) is 0 Å². The minimum Gasteiger partial charge on any atom is -0.351 e. The highest BCUT2D eigenvalue weighted by Crippen LogP contribution is 2.39. The molecule has 0 saturated heterocycles. The lowest BCUT2D eigenvalue weighted by Crippen LogP contribution is -2.62. The highest BCUT2D eigenvalue weighted by atomic mass is 35.5. The van der Waals surface area contributed by atoms with E-state index in [9.17, 15) is 22.8 Å². The predicted octanol–water partition coefficient (Wildman–Crippen LogP) is 2.88. The number of aryl methyl sites for hydroxylation is 1. The van der Waals surface area contributed by atoms with Gasteiger partial charge in [-0.2, -0.15) is 0 Å². The Morgan fingerprint density at radius 1 is 1.27 bits per heavy atom. The molecule has 11 heteroatoms. The molecule has 2 atom stereocenters. The smallest absolute Gasteiger partial charge is 0.278 e. The van der Waals surface area contributed by atoms with Gasteiger partial charge < -0.3 is 5.32 Å². The van der Waals surface area contributed by atoms with Gasteiger partial charge in [-0.1, -0.05) is 11.6 Å². The van der Waals surface area contributed by atoms with Gasteiger partial charge in [0.15, 0.2) is 5.54 Å². The molecule has 160 valence electrons. The maximum atomic E-state index is 14.0. The fourth-order valence-electron chi connectivity index (χ4n) is 3.30. The van der Waals surface area contributed by atoms with Crippen molar-refractivity contribution in [3.05, 3.63) is 48.3 Å². The topological polar surface area (TPSA) is 88.1 Å². The van der Waals surface area contributed by atoms with E-state index >= 15 is 0 Å². The maximum absolute atomic E-state index is 14.0. The molecule has 0 bridgehead atoms. The maximum Gasteiger partial charge on any atom is 0.278 e. The fourth-order valence-corrected chi connectivity index (χ4v) is 3.39. The summed E-state index contributed by atoms with van der Waals surface area (Å²) >= 11 is 5.44. The molecular weight excluding hydrogens is 423 g/mol. The highest BCUT2D eigenvalue weighted by Gasteiger charge is 2.51. The largest absolute Gasteiger partial charge is 0.351 e. The van der Waals surface area contributed by atoms with E-state index in [-0.39, 0.29) is 11.3 Å². The summed E-state index contributed by atoms with van der Waals surface area (Å²) in [6.45, 7) is 3.05. The zero-order valence-corrected chi connectivity index (χ0v) is 16.9. The zero-order valence-electron chi connectivity index (χ0n) is 16.2. The quantitative estimate of drug-likeness (QED) is 0.696. The second-order valence-electron chi connectivity index (χ2n) is 7.27. The molecule has 1 N–H and O–H groups in total. The first kappa shape index (κ1) is 21.9. The Labute approximate surface area is 175 Å². The van der Waals surface area contributed by atoms with Crippen molar-refractivity contribution in [2.45, 2.75) is 49.8 Å². The van der Waals surface area contributed by atoms with E-state index in [2.05, 4.69) is 20.3 Å². The molecule has 3 rings (SSSR count). The molecule has 2 heterocycles. The molecule has 1 aliphatic carbocycles. The summed E-state index contributed by atoms with van der Waals surface area (Å²) in [6.07, 6.45) is 4.02. The van der Waals surface area contributed by atoms with Crippen LogP contribution in [0.4, 0.5) is 18.9 Å². The Balaban J connectivity index is 2.09. The third-order valence-corrected chi connectivity index (χ3v) is 5.19. The van der Waals surface area contributed by atoms with Gasteiger partial charge in [-0.25, -0.2) is 23.1 Å². The minimum atomic E-state index is -2.86. The van der Waals surface area contributed by atoms with Crippen molar-refractivity contribution in [1.29, 1.82) is 0 Å². The second kappa shape index (κ2) is 8.17. The summed E-state index contributed by atoms with van der Waals surface area (Å²) in [5, 5.41) is 2.51. The summed E-state index contributed by atoms with van der Waals surface area (Å²) in [5.41, 5.74) is -3.50. The van der Waals surface area contributed by atoms with Gasteiger partial charge in [-0.3, -0.25) is 19.5 Å². The number of carbonyl (C=O) groups is 2. The van der Waals surface area contributed by atoms with Crippen LogP contribution >= 0.6 is 11.6 Å². The Bertz CT molecular complexity index is 922. The van der Waals surface area contributed by atoms with Crippen LogP contribution in [0.2, 0.25) is 0 Å². The van der Waals surface area contributed by atoms with E-state index in [0.29, 0.717) is 5.69 Å². The van der Waals surface area contributed by atoms with Crippen LogP contribution in [0, 0.1) is 6.92 Å². The van der Waals surface area contributed by atoms with Crippen molar-refractivity contribution in [2.24, 2.45) is 0 Å². The molecule has 2 aromatic rings. The summed E-state index contributed by atoms with van der Waals surface area (Å²) < 4.78 is 40.4. The Morgan fingerprint density at radius 2 is 1.90 bits per heavy atom. The van der Waals surface area contributed by atoms with E-state index in [0.717, 1.165) is 4.90 Å². The summed E-state index contributed by atoms with van der Waals surface area (Å²) in [4.78, 5) is 38.8. The van der Waals surface area contributed by atoms with E-state index in [1.54, 1.807) is 13.0 Å². The van der Waals surface area contributed by atoms with Gasteiger partial charge in [0, 0.05) is 42.5 Å². The fraction of sp³-hybridized carbons (Fsp3) is 0.421. The minimum absolute atomic E-state index is 0.0920. The number of hydrogen-bond donors (Lipinski definition) is 1. The van der Waals surface area contributed by atoms with Crippen LogP contribution in [-0.4, -0.2) is 44.4 Å². The molecule has 0 spiro atoms. The SMILES string of the molecule is Cc1ccc(N(C(=O)[C@H](F)Cl)[C@@](C)(C(=O)NC2CC(F)(F)C2)c2cncnc2)cn1. The van der Waals surface area contributed by atoms with Crippen LogP contribution in [0.15, 0.2) is 37.1 Å². The predicted molar refractivity (Wildman–Crippen MR) is 103 cm³/mol. The molecule has 2 aromatic heterocycles. The van der Waals surface area contributed by atoms with Crippen molar-refractivity contribution in [1.82, 2.24) is 20.3 Å². The Hall–Kier alpha value is -2.75. The number of nitrogens with zero attached hydrogens (tertiary/aromatic N) is 4. The first-order valence-corrected chi connectivity index (χ1v) is 9.47. The highest BCUT2D eigenvalue weighted by molar-refractivity contribution is 6.32. The van der Waals surface area contributed by atoms with E-state index in [4.69, 9.17) is 11.6 Å². The number of amides is 2. The van der Waals surface area contributed by atoms with Crippen molar-refractivity contribution in [3.63, 3.8) is 0 Å². The third-order valence-electron chi connectivity index (χ3n) is 5.00. The van der Waals surface area contributed by atoms with Crippen LogP contribution in [-0.2, 0) is 15.1 Å². The summed E-state index contributed by atoms with van der Waals surface area (Å²) in [6, 6.07) is 2.26. The van der Waals surface area contributed by atoms with Gasteiger partial charge in [0.05, 0.1) is 11.9 Å². The zero-order chi connectivity index (χ0) is 22.1. The van der Waals surface area contributed by atoms with Gasteiger partial charge >= 0.3 is 0 Å². The average molecular weight is 442 g/mol. The lowest BCUT2D eigenvalue weighted by molar-refractivity contribution is -0.137. The van der Waals surface area contributed by atoms with Crippen LogP contribution in [0.3, 0.4) is 0 Å². The van der Waals surface area contributed by atoms with Crippen LogP contribution in [0.5, 0.6) is 0 Å². The monoisotopic (exact) mass is 441 g/mol. The number of nitrogens with one attached hydrogen (secondary N) is 1. The number of carbonyl (C=O) groups excluding carboxylic acids is 2. The average Bonchev–Trinajstić information content (AvgIpc) is 2.68. The number of aromatic nitrogens is 3. The van der Waals surface area contributed by atoms with Gasteiger partial charge in [-0.05, 0) is 26.0 Å². The molecule has 2 amide bonds. The van der Waals surface area contributed by atoms with E-state index in [1.165, 1.54) is 37.9 Å². The number of pyridine rings is 1. The molecular formula is C19H19ClF3N5O2. The van der Waals surface area contributed by atoms with E-state index < -0.39 is 47.8 Å². The number of rotatable bonds is 6. The van der Waals surface area contributed by atoms with Crippen LogP contribution in [0.25, 0.3) is 0 Å². The molecule has 0 aromatic carbocycles. The van der Waals surface area contributed by atoms with Crippen molar-refractivity contribution in [2.75, 3.05) is 4.90 Å². The van der Waals surface area contributed by atoms with Crippen molar-refractivity contribution < 1.29 is 22.8 Å². The number of anilines is 1. The molecule has 7 nitrogen and oxygen atoms in total. The molecule has 0 aliphatic heterocycles.